The van der Waals surface area contributed by atoms with Gasteiger partial charge in [0.05, 0.1) is 12.6 Å². The summed E-state index contributed by atoms with van der Waals surface area (Å²) >= 11 is 0. The van der Waals surface area contributed by atoms with E-state index in [1.165, 1.54) is 17.0 Å². The van der Waals surface area contributed by atoms with E-state index >= 15 is 0 Å². The highest BCUT2D eigenvalue weighted by molar-refractivity contribution is 5.63. The number of hydrogen-bond acceptors (Lipinski definition) is 0. The molecule has 2 nitrogen and oxygen atoms in total. The van der Waals surface area contributed by atoms with Crippen LogP contribution in [-0.2, 0) is 7.05 Å². The third kappa shape index (κ3) is 3.13. The molecule has 0 aliphatic carbocycles. The van der Waals surface area contributed by atoms with Gasteiger partial charge in [-0.05, 0) is 30.3 Å². The largest absolute Gasteiger partial charge is 0.294 e. The lowest BCUT2D eigenvalue weighted by Crippen LogP contribution is -2.29. The lowest BCUT2D eigenvalue weighted by molar-refractivity contribution is -0.659. The van der Waals surface area contributed by atoms with Gasteiger partial charge in [0.2, 0.25) is 0 Å². The maximum Gasteiger partial charge on any atom is 0.294 e. The summed E-state index contributed by atoms with van der Waals surface area (Å²) in [6.07, 6.45) is 2.93. The Morgan fingerprint density at radius 3 is 2.20 bits per heavy atom. The molecular weight excluding hydrogens is 304 g/mol. The highest BCUT2D eigenvalue weighted by Crippen LogP contribution is 2.33. The van der Waals surface area contributed by atoms with Crippen molar-refractivity contribution in [3.05, 3.63) is 71.5 Å². The van der Waals surface area contributed by atoms with Crippen molar-refractivity contribution in [3.8, 4) is 17.1 Å². The van der Waals surface area contributed by atoms with Crippen LogP contribution in [0, 0.1) is 6.92 Å². The number of rotatable bonds is 4. The zero-order valence-electron chi connectivity index (χ0n) is 28.1. The molecule has 3 aromatic rings. The molecule has 0 spiro atoms. The predicted molar refractivity (Wildman–Crippen MR) is 105 cm³/mol. The normalized spacial score (nSPS) is 22.6. The Morgan fingerprint density at radius 1 is 0.960 bits per heavy atom. The van der Waals surface area contributed by atoms with Crippen LogP contribution in [0.25, 0.3) is 17.1 Å². The summed E-state index contributed by atoms with van der Waals surface area (Å²) in [5.41, 5.74) is -0.449. The molecule has 25 heavy (non-hydrogen) atoms. The van der Waals surface area contributed by atoms with Crippen LogP contribution >= 0.6 is 0 Å². The first-order valence-electron chi connectivity index (χ1n) is 14.8. The molecule has 1 heterocycles. The zero-order valence-corrected chi connectivity index (χ0v) is 14.1. The van der Waals surface area contributed by atoms with Crippen LogP contribution in [0.5, 0.6) is 0 Å². The van der Waals surface area contributed by atoms with Crippen molar-refractivity contribution in [3.63, 3.8) is 0 Å². The Morgan fingerprint density at radius 2 is 1.60 bits per heavy atom. The third-order valence-corrected chi connectivity index (χ3v) is 4.20. The fraction of sp³-hybridized carbons (Fsp3) is 0.348. The minimum Gasteiger partial charge on any atom is -0.232 e. The number of benzene rings is 2. The summed E-state index contributed by atoms with van der Waals surface area (Å²) < 4.78 is 118. The van der Waals surface area contributed by atoms with E-state index in [0.29, 0.717) is 11.4 Å². The summed E-state index contributed by atoms with van der Waals surface area (Å²) in [5.74, 6) is -6.32. The first kappa shape index (κ1) is 7.11. The van der Waals surface area contributed by atoms with E-state index in [-0.39, 0.29) is 0 Å². The quantitative estimate of drug-likeness (QED) is 0.549. The molecule has 0 unspecified atom stereocenters. The summed E-state index contributed by atoms with van der Waals surface area (Å²) in [4.78, 5) is 0. The molecule has 0 N–H and O–H groups in total. The highest BCUT2D eigenvalue weighted by Gasteiger charge is 2.26. The summed E-state index contributed by atoms with van der Waals surface area (Å²) in [6, 6.07) is 10.2. The van der Waals surface area contributed by atoms with E-state index in [1.807, 2.05) is 0 Å². The SMILES string of the molecule is [2H]C([2H])([2H])C([2H])(c1cccc(C([2H])(C([2H])([2H])[2H])C([2H])([2H])[2H])c1-n1cc[n+](C)c1-c1ccccc1C)C([2H])([2H])[2H]. The van der Waals surface area contributed by atoms with Crippen molar-refractivity contribution >= 4 is 0 Å². The topological polar surface area (TPSA) is 8.81 Å². The lowest BCUT2D eigenvalue weighted by Gasteiger charge is -2.18. The predicted octanol–water partition coefficient (Wildman–Crippen LogP) is 5.52. The Hall–Kier alpha value is -2.35. The van der Waals surface area contributed by atoms with Crippen molar-refractivity contribution < 1.29 is 23.8 Å². The van der Waals surface area contributed by atoms with Gasteiger partial charge >= 0.3 is 0 Å². The van der Waals surface area contributed by atoms with Gasteiger partial charge in [-0.15, -0.1) is 0 Å². The van der Waals surface area contributed by atoms with E-state index in [4.69, 9.17) is 19.2 Å². The van der Waals surface area contributed by atoms with Crippen molar-refractivity contribution in [1.82, 2.24) is 4.57 Å². The second-order valence-electron chi connectivity index (χ2n) is 5.87. The second-order valence-corrected chi connectivity index (χ2v) is 5.87. The Kier molecular flexibility index (Phi) is 1.95. The molecule has 0 bridgehead atoms. The summed E-state index contributed by atoms with van der Waals surface area (Å²) in [5, 5.41) is 0. The first-order chi connectivity index (χ1) is 17.5. The third-order valence-electron chi connectivity index (χ3n) is 4.20. The van der Waals surface area contributed by atoms with Crippen LogP contribution in [0.15, 0.2) is 54.9 Å². The molecule has 0 fully saturated rings. The summed E-state index contributed by atoms with van der Waals surface area (Å²) in [7, 11) is 1.64. The molecule has 0 atom stereocenters. The molecule has 2 aromatic carbocycles. The maximum absolute atomic E-state index is 8.90. The highest BCUT2D eigenvalue weighted by atomic mass is 15.1. The number of nitrogens with zero attached hydrogens (tertiary/aromatic N) is 2. The molecule has 0 saturated carbocycles. The monoisotopic (exact) mass is 347 g/mol. The van der Waals surface area contributed by atoms with Crippen LogP contribution in [0.3, 0.4) is 0 Å². The molecule has 1 aromatic heterocycles. The minimum atomic E-state index is -3.46. The van der Waals surface area contributed by atoms with Gasteiger partial charge < -0.3 is 0 Å². The average molecular weight is 348 g/mol. The van der Waals surface area contributed by atoms with Crippen LogP contribution in [-0.4, -0.2) is 4.57 Å². The molecule has 0 aliphatic heterocycles. The second kappa shape index (κ2) is 6.87. The molecule has 0 saturated heterocycles. The molecule has 0 radical (unpaired) electrons. The van der Waals surface area contributed by atoms with Crippen LogP contribution < -0.4 is 4.57 Å². The standard InChI is InChI=1S/C23H29N2/c1-16(2)19-12-9-13-20(17(3)4)22(19)25-15-14-24(6)23(25)21-11-8-7-10-18(21)5/h7-17H,1-6H3/q+1/i1D3,2D3,3D3,4D3,16D,17D. The number of aryl methyl sites for hydroxylation is 2. The molecule has 3 rings (SSSR count). The van der Waals surface area contributed by atoms with E-state index in [2.05, 4.69) is 0 Å². The summed E-state index contributed by atoms with van der Waals surface area (Å²) in [6.45, 7) is -12.1. The fourth-order valence-corrected chi connectivity index (χ4v) is 3.01. The minimum absolute atomic E-state index is 0.318. The van der Waals surface area contributed by atoms with Gasteiger partial charge in [-0.3, -0.25) is 0 Å². The van der Waals surface area contributed by atoms with Gasteiger partial charge in [-0.1, -0.05) is 63.8 Å². The van der Waals surface area contributed by atoms with Gasteiger partial charge in [-0.25, -0.2) is 4.57 Å². The Bertz CT molecular complexity index is 1270. The van der Waals surface area contributed by atoms with E-state index < -0.39 is 56.0 Å². The molecule has 2 heteroatoms. The lowest BCUT2D eigenvalue weighted by atomic mass is 9.92. The molecule has 0 amide bonds. The van der Waals surface area contributed by atoms with Gasteiger partial charge in [-0.2, -0.15) is 4.57 Å². The molecule has 0 aliphatic rings. The molecule has 130 valence electrons. The Labute approximate surface area is 171 Å². The number of aromatic nitrogens is 2. The van der Waals surface area contributed by atoms with Crippen molar-refractivity contribution in [2.75, 3.05) is 0 Å². The number of hydrogen-bond donors (Lipinski definition) is 0. The molecular formula is C23H29N2+. The van der Waals surface area contributed by atoms with Gasteiger partial charge in [0.15, 0.2) is 0 Å². The Balaban J connectivity index is 2.69. The van der Waals surface area contributed by atoms with Crippen molar-refractivity contribution in [2.45, 2.75) is 46.1 Å². The van der Waals surface area contributed by atoms with Crippen molar-refractivity contribution in [2.24, 2.45) is 7.05 Å². The maximum atomic E-state index is 8.90. The van der Waals surface area contributed by atoms with Crippen LogP contribution in [0.2, 0.25) is 0 Å². The average Bonchev–Trinajstić information content (AvgIpc) is 3.15. The van der Waals surface area contributed by atoms with Crippen LogP contribution in [0.4, 0.5) is 0 Å². The van der Waals surface area contributed by atoms with Gasteiger partial charge in [0.1, 0.15) is 18.1 Å². The van der Waals surface area contributed by atoms with E-state index in [0.717, 1.165) is 23.8 Å². The van der Waals surface area contributed by atoms with E-state index in [1.54, 1.807) is 42.8 Å². The number of para-hydroxylation sites is 1. The first-order valence-corrected chi connectivity index (χ1v) is 7.79. The van der Waals surface area contributed by atoms with Gasteiger partial charge in [0, 0.05) is 30.3 Å². The fourth-order valence-electron chi connectivity index (χ4n) is 3.01. The smallest absolute Gasteiger partial charge is 0.232 e. The zero-order chi connectivity index (χ0) is 30.0. The van der Waals surface area contributed by atoms with Gasteiger partial charge in [0.25, 0.3) is 5.82 Å². The van der Waals surface area contributed by atoms with Crippen LogP contribution in [0.1, 0.15) is 75.1 Å². The van der Waals surface area contributed by atoms with E-state index in [9.17, 15) is 0 Å². The number of imidazole rings is 1. The van der Waals surface area contributed by atoms with Crippen molar-refractivity contribution in [1.29, 1.82) is 0 Å².